The molecule has 0 saturated heterocycles. The van der Waals surface area contributed by atoms with Crippen molar-refractivity contribution in [3.05, 3.63) is 21.2 Å². The van der Waals surface area contributed by atoms with Gasteiger partial charge in [0.1, 0.15) is 0 Å². The van der Waals surface area contributed by atoms with Crippen molar-refractivity contribution < 1.29 is 14.6 Å². The second-order valence-corrected chi connectivity index (χ2v) is 5.84. The Hall–Kier alpha value is -0.740. The molecule has 0 atom stereocenters. The highest BCUT2D eigenvalue weighted by atomic mass is 79.9. The lowest BCUT2D eigenvalue weighted by Gasteiger charge is -2.29. The molecule has 0 amide bonds. The molecule has 4 heteroatoms. The van der Waals surface area contributed by atoms with Crippen molar-refractivity contribution in [1.29, 1.82) is 0 Å². The van der Waals surface area contributed by atoms with Gasteiger partial charge in [-0.05, 0) is 19.4 Å². The number of hydrogen-bond acceptors (Lipinski definition) is 3. The number of rotatable bonds is 4. The van der Waals surface area contributed by atoms with Gasteiger partial charge >= 0.3 is 0 Å². The number of aliphatic hydroxyl groups is 1. The van der Waals surface area contributed by atoms with Crippen LogP contribution in [-0.4, -0.2) is 25.9 Å². The van der Waals surface area contributed by atoms with E-state index in [1.165, 1.54) is 0 Å². The van der Waals surface area contributed by atoms with Gasteiger partial charge in [-0.1, -0.05) is 29.8 Å². The van der Waals surface area contributed by atoms with Gasteiger partial charge in [-0.15, -0.1) is 0 Å². The first kappa shape index (κ1) is 15.3. The fourth-order valence-electron chi connectivity index (χ4n) is 2.28. The van der Waals surface area contributed by atoms with E-state index in [9.17, 15) is 5.11 Å². The number of methoxy groups -OCH3 is 2. The molecule has 0 spiro atoms. The molecule has 1 rings (SSSR count). The predicted molar refractivity (Wildman–Crippen MR) is 76.8 cm³/mol. The maximum Gasteiger partial charge on any atom is 0.165 e. The van der Waals surface area contributed by atoms with E-state index in [1.807, 2.05) is 27.7 Å². The maximum absolute atomic E-state index is 9.60. The third-order valence-electron chi connectivity index (χ3n) is 3.29. The molecule has 1 aromatic carbocycles. The van der Waals surface area contributed by atoms with Crippen LogP contribution < -0.4 is 9.47 Å². The molecule has 0 aliphatic carbocycles. The molecule has 0 unspecified atom stereocenters. The third-order valence-corrected chi connectivity index (χ3v) is 4.48. The van der Waals surface area contributed by atoms with E-state index in [1.54, 1.807) is 14.2 Å². The summed E-state index contributed by atoms with van der Waals surface area (Å²) in [5, 5.41) is 9.60. The van der Waals surface area contributed by atoms with Gasteiger partial charge in [0.05, 0.1) is 20.8 Å². The zero-order valence-electron chi connectivity index (χ0n) is 11.8. The van der Waals surface area contributed by atoms with E-state index in [2.05, 4.69) is 15.9 Å². The van der Waals surface area contributed by atoms with Crippen LogP contribution in [-0.2, 0) is 5.41 Å². The Balaban J connectivity index is 3.74. The quantitative estimate of drug-likeness (QED) is 0.925. The smallest absolute Gasteiger partial charge is 0.165 e. The zero-order chi connectivity index (χ0) is 14.1. The number of hydrogen-bond donors (Lipinski definition) is 1. The second-order valence-electron chi connectivity index (χ2n) is 5.05. The molecule has 0 aromatic heterocycles. The minimum absolute atomic E-state index is 0.0445. The number of aliphatic hydroxyl groups excluding tert-OH is 1. The Labute approximate surface area is 117 Å². The molecule has 0 fully saturated rings. The van der Waals surface area contributed by atoms with Crippen LogP contribution in [0.2, 0.25) is 0 Å². The first-order chi connectivity index (χ1) is 8.31. The average molecular weight is 317 g/mol. The first-order valence-electron chi connectivity index (χ1n) is 5.83. The minimum Gasteiger partial charge on any atom is -0.493 e. The molecule has 1 N–H and O–H groups in total. The molecule has 0 aliphatic heterocycles. The second kappa shape index (κ2) is 5.49. The first-order valence-corrected chi connectivity index (χ1v) is 6.63. The van der Waals surface area contributed by atoms with Crippen LogP contribution in [0, 0.1) is 13.8 Å². The SMILES string of the molecule is COc1c(C)c(Br)c(C)c(C(C)(C)CO)c1OC. The summed E-state index contributed by atoms with van der Waals surface area (Å²) in [5.74, 6) is 1.42. The van der Waals surface area contributed by atoms with Gasteiger partial charge in [0, 0.05) is 21.0 Å². The van der Waals surface area contributed by atoms with Crippen molar-refractivity contribution in [2.75, 3.05) is 20.8 Å². The molecular formula is C14H21BrO3. The molecular weight excluding hydrogens is 296 g/mol. The van der Waals surface area contributed by atoms with Crippen LogP contribution in [0.3, 0.4) is 0 Å². The van der Waals surface area contributed by atoms with Gasteiger partial charge in [0.15, 0.2) is 11.5 Å². The fraction of sp³-hybridized carbons (Fsp3) is 0.571. The summed E-state index contributed by atoms with van der Waals surface area (Å²) in [6, 6.07) is 0. The van der Waals surface area contributed by atoms with E-state index in [0.717, 1.165) is 21.2 Å². The lowest BCUT2D eigenvalue weighted by atomic mass is 9.81. The molecule has 0 saturated carbocycles. The van der Waals surface area contributed by atoms with Gasteiger partial charge in [0.2, 0.25) is 0 Å². The molecule has 0 bridgehead atoms. The number of benzene rings is 1. The molecule has 0 heterocycles. The monoisotopic (exact) mass is 316 g/mol. The van der Waals surface area contributed by atoms with Crippen LogP contribution in [0.5, 0.6) is 11.5 Å². The summed E-state index contributed by atoms with van der Waals surface area (Å²) in [4.78, 5) is 0. The summed E-state index contributed by atoms with van der Waals surface area (Å²) in [5.41, 5.74) is 2.66. The van der Waals surface area contributed by atoms with Crippen LogP contribution in [0.25, 0.3) is 0 Å². The van der Waals surface area contributed by atoms with Crippen molar-refractivity contribution in [2.45, 2.75) is 33.1 Å². The predicted octanol–water partition coefficient (Wildman–Crippen LogP) is 3.35. The summed E-state index contributed by atoms with van der Waals surface area (Å²) in [6.45, 7) is 8.01. The van der Waals surface area contributed by atoms with Crippen molar-refractivity contribution in [2.24, 2.45) is 0 Å². The van der Waals surface area contributed by atoms with E-state index >= 15 is 0 Å². The summed E-state index contributed by atoms with van der Waals surface area (Å²) in [7, 11) is 3.25. The normalized spacial score (nSPS) is 11.6. The van der Waals surface area contributed by atoms with E-state index in [4.69, 9.17) is 9.47 Å². The highest BCUT2D eigenvalue weighted by Crippen LogP contribution is 2.46. The average Bonchev–Trinajstić information content (AvgIpc) is 2.35. The van der Waals surface area contributed by atoms with Crippen molar-refractivity contribution in [1.82, 2.24) is 0 Å². The molecule has 102 valence electrons. The molecule has 3 nitrogen and oxygen atoms in total. The van der Waals surface area contributed by atoms with Gasteiger partial charge in [0.25, 0.3) is 0 Å². The highest BCUT2D eigenvalue weighted by Gasteiger charge is 2.30. The van der Waals surface area contributed by atoms with Crippen LogP contribution in [0.15, 0.2) is 4.47 Å². The van der Waals surface area contributed by atoms with E-state index in [-0.39, 0.29) is 12.0 Å². The molecule has 0 radical (unpaired) electrons. The Morgan fingerprint density at radius 2 is 1.56 bits per heavy atom. The Kier molecular flexibility index (Phi) is 4.67. The van der Waals surface area contributed by atoms with Crippen LogP contribution in [0.4, 0.5) is 0 Å². The Morgan fingerprint density at radius 3 is 1.94 bits per heavy atom. The zero-order valence-corrected chi connectivity index (χ0v) is 13.4. The number of ether oxygens (including phenoxy) is 2. The highest BCUT2D eigenvalue weighted by molar-refractivity contribution is 9.10. The van der Waals surface area contributed by atoms with Gasteiger partial charge in [-0.25, -0.2) is 0 Å². The van der Waals surface area contributed by atoms with Gasteiger partial charge in [-0.3, -0.25) is 0 Å². The molecule has 0 aliphatic rings. The van der Waals surface area contributed by atoms with Crippen molar-refractivity contribution in [3.8, 4) is 11.5 Å². The topological polar surface area (TPSA) is 38.7 Å². The number of halogens is 1. The third kappa shape index (κ3) is 2.36. The summed E-state index contributed by atoms with van der Waals surface area (Å²) >= 11 is 3.59. The minimum atomic E-state index is -0.390. The maximum atomic E-state index is 9.60. The largest absolute Gasteiger partial charge is 0.493 e. The molecule has 18 heavy (non-hydrogen) atoms. The standard InChI is InChI=1S/C14H21BrO3/c1-8-10(14(3,4)7-16)13(18-6)12(17-5)9(2)11(8)15/h16H,7H2,1-6H3. The molecule has 1 aromatic rings. The van der Waals surface area contributed by atoms with Crippen molar-refractivity contribution in [3.63, 3.8) is 0 Å². The lowest BCUT2D eigenvalue weighted by Crippen LogP contribution is -2.25. The van der Waals surface area contributed by atoms with Gasteiger partial charge in [-0.2, -0.15) is 0 Å². The van der Waals surface area contributed by atoms with E-state index in [0.29, 0.717) is 11.5 Å². The fourth-order valence-corrected chi connectivity index (χ4v) is 2.66. The summed E-state index contributed by atoms with van der Waals surface area (Å²) in [6.07, 6.45) is 0. The van der Waals surface area contributed by atoms with Gasteiger partial charge < -0.3 is 14.6 Å². The Bertz CT molecular complexity index is 453. The summed E-state index contributed by atoms with van der Waals surface area (Å²) < 4.78 is 12.0. The lowest BCUT2D eigenvalue weighted by molar-refractivity contribution is 0.213. The van der Waals surface area contributed by atoms with Crippen LogP contribution >= 0.6 is 15.9 Å². The van der Waals surface area contributed by atoms with E-state index < -0.39 is 0 Å². The Morgan fingerprint density at radius 1 is 1.06 bits per heavy atom. The van der Waals surface area contributed by atoms with Crippen LogP contribution in [0.1, 0.15) is 30.5 Å². The van der Waals surface area contributed by atoms with Crippen molar-refractivity contribution >= 4 is 15.9 Å².